The Hall–Kier alpha value is -2.77. The van der Waals surface area contributed by atoms with Crippen LogP contribution in [-0.4, -0.2) is 31.8 Å². The molecule has 0 fully saturated rings. The first kappa shape index (κ1) is 17.1. The van der Waals surface area contributed by atoms with Crippen LogP contribution in [0.25, 0.3) is 5.69 Å². The summed E-state index contributed by atoms with van der Waals surface area (Å²) >= 11 is 11.8. The average Bonchev–Trinajstić information content (AvgIpc) is 3.16. The Morgan fingerprint density at radius 1 is 1.12 bits per heavy atom. The standard InChI is InChI=1S/C16H12Cl2N6O/c1-10(11-3-2-4-13(7-11)24-9-19-22-23-24)20-21-16(25)12-5-6-14(17)15(18)8-12/h2-9H,1H3,(H,21,25)/b20-10+. The summed E-state index contributed by atoms with van der Waals surface area (Å²) in [6.45, 7) is 1.79. The van der Waals surface area contributed by atoms with E-state index in [1.54, 1.807) is 19.1 Å². The van der Waals surface area contributed by atoms with Crippen molar-refractivity contribution in [2.24, 2.45) is 5.10 Å². The largest absolute Gasteiger partial charge is 0.271 e. The summed E-state index contributed by atoms with van der Waals surface area (Å²) in [7, 11) is 0. The molecule has 0 saturated heterocycles. The predicted octanol–water partition coefficient (Wildman–Crippen LogP) is 3.12. The van der Waals surface area contributed by atoms with E-state index in [4.69, 9.17) is 23.2 Å². The third kappa shape index (κ3) is 4.01. The van der Waals surface area contributed by atoms with Crippen LogP contribution in [0.1, 0.15) is 22.8 Å². The van der Waals surface area contributed by atoms with Gasteiger partial charge >= 0.3 is 0 Å². The SMILES string of the molecule is C/C(=N\NC(=O)c1ccc(Cl)c(Cl)c1)c1cccc(-n2cnnn2)c1. The van der Waals surface area contributed by atoms with E-state index in [-0.39, 0.29) is 5.91 Å². The number of carbonyl (C=O) groups is 1. The molecule has 0 aliphatic carbocycles. The zero-order valence-electron chi connectivity index (χ0n) is 13.0. The lowest BCUT2D eigenvalue weighted by atomic mass is 10.1. The summed E-state index contributed by atoms with van der Waals surface area (Å²) in [5, 5.41) is 15.9. The normalized spacial score (nSPS) is 11.4. The lowest BCUT2D eigenvalue weighted by Crippen LogP contribution is -2.19. The molecule has 1 amide bonds. The lowest BCUT2D eigenvalue weighted by molar-refractivity contribution is 0.0955. The van der Waals surface area contributed by atoms with Gasteiger partial charge in [-0.3, -0.25) is 4.79 Å². The first-order valence-electron chi connectivity index (χ1n) is 7.18. The van der Waals surface area contributed by atoms with Gasteiger partial charge in [-0.1, -0.05) is 35.3 Å². The fourth-order valence-corrected chi connectivity index (χ4v) is 2.35. The molecule has 7 nitrogen and oxygen atoms in total. The van der Waals surface area contributed by atoms with Gasteiger partial charge in [-0.2, -0.15) is 5.10 Å². The van der Waals surface area contributed by atoms with Crippen LogP contribution < -0.4 is 5.43 Å². The molecule has 126 valence electrons. The number of nitrogens with one attached hydrogen (secondary N) is 1. The topological polar surface area (TPSA) is 85.1 Å². The molecule has 0 aliphatic heterocycles. The summed E-state index contributed by atoms with van der Waals surface area (Å²) in [4.78, 5) is 12.1. The minimum atomic E-state index is -0.380. The van der Waals surface area contributed by atoms with Gasteiger partial charge in [0.25, 0.3) is 5.91 Å². The van der Waals surface area contributed by atoms with Gasteiger partial charge in [-0.15, -0.1) is 5.10 Å². The van der Waals surface area contributed by atoms with Crippen LogP contribution in [0.5, 0.6) is 0 Å². The molecule has 9 heteroatoms. The minimum Gasteiger partial charge on any atom is -0.267 e. The first-order chi connectivity index (χ1) is 12.0. The molecule has 0 aliphatic rings. The van der Waals surface area contributed by atoms with E-state index in [2.05, 4.69) is 26.1 Å². The maximum atomic E-state index is 12.1. The van der Waals surface area contributed by atoms with Gasteiger partial charge in [0.15, 0.2) is 0 Å². The lowest BCUT2D eigenvalue weighted by Gasteiger charge is -2.06. The number of aromatic nitrogens is 4. The number of amides is 1. The van der Waals surface area contributed by atoms with Gasteiger partial charge in [0.2, 0.25) is 0 Å². The predicted molar refractivity (Wildman–Crippen MR) is 95.3 cm³/mol. The van der Waals surface area contributed by atoms with E-state index >= 15 is 0 Å². The van der Waals surface area contributed by atoms with Crippen molar-refractivity contribution in [3.05, 3.63) is 70.0 Å². The summed E-state index contributed by atoms with van der Waals surface area (Å²) in [5.74, 6) is -0.380. The maximum absolute atomic E-state index is 12.1. The second-order valence-corrected chi connectivity index (χ2v) is 5.89. The van der Waals surface area contributed by atoms with Crippen molar-refractivity contribution >= 4 is 34.8 Å². The first-order valence-corrected chi connectivity index (χ1v) is 7.93. The van der Waals surface area contributed by atoms with Gasteiger partial charge in [-0.25, -0.2) is 10.1 Å². The average molecular weight is 375 g/mol. The molecule has 2 aromatic carbocycles. The zero-order valence-corrected chi connectivity index (χ0v) is 14.5. The molecule has 0 atom stereocenters. The van der Waals surface area contributed by atoms with Gasteiger partial charge in [0.05, 0.1) is 21.4 Å². The van der Waals surface area contributed by atoms with Crippen molar-refractivity contribution in [1.82, 2.24) is 25.6 Å². The second-order valence-electron chi connectivity index (χ2n) is 5.07. The highest BCUT2D eigenvalue weighted by atomic mass is 35.5. The fourth-order valence-electron chi connectivity index (χ4n) is 2.05. The van der Waals surface area contributed by atoms with Gasteiger partial charge in [0.1, 0.15) is 6.33 Å². The van der Waals surface area contributed by atoms with Crippen LogP contribution in [0.15, 0.2) is 53.9 Å². The Balaban J connectivity index is 1.76. The molecule has 1 heterocycles. The Morgan fingerprint density at radius 2 is 1.96 bits per heavy atom. The van der Waals surface area contributed by atoms with Crippen molar-refractivity contribution in [2.75, 3.05) is 0 Å². The number of carbonyl (C=O) groups excluding carboxylic acids is 1. The molecule has 25 heavy (non-hydrogen) atoms. The molecule has 0 spiro atoms. The third-order valence-electron chi connectivity index (χ3n) is 3.38. The number of tetrazole rings is 1. The summed E-state index contributed by atoms with van der Waals surface area (Å²) in [5.41, 5.74) is 5.10. The zero-order chi connectivity index (χ0) is 17.8. The van der Waals surface area contributed by atoms with Crippen molar-refractivity contribution in [3.8, 4) is 5.69 Å². The number of benzene rings is 2. The Kier molecular flexibility index (Phi) is 5.06. The number of rotatable bonds is 4. The van der Waals surface area contributed by atoms with Gasteiger partial charge < -0.3 is 0 Å². The van der Waals surface area contributed by atoms with E-state index < -0.39 is 0 Å². The van der Waals surface area contributed by atoms with E-state index in [1.165, 1.54) is 17.1 Å². The molecule has 1 aromatic heterocycles. The fraction of sp³-hybridized carbons (Fsp3) is 0.0625. The van der Waals surface area contributed by atoms with Crippen molar-refractivity contribution < 1.29 is 4.79 Å². The number of hydrazone groups is 1. The maximum Gasteiger partial charge on any atom is 0.271 e. The summed E-state index contributed by atoms with van der Waals surface area (Å²) in [6.07, 6.45) is 1.50. The van der Waals surface area contributed by atoms with Crippen molar-refractivity contribution in [1.29, 1.82) is 0 Å². The van der Waals surface area contributed by atoms with Crippen LogP contribution in [0, 0.1) is 0 Å². The molecular weight excluding hydrogens is 363 g/mol. The Labute approximate surface area is 153 Å². The number of nitrogens with zero attached hydrogens (tertiary/aromatic N) is 5. The highest BCUT2D eigenvalue weighted by Gasteiger charge is 2.08. The number of halogens is 2. The molecule has 0 unspecified atom stereocenters. The molecular formula is C16H12Cl2N6O. The summed E-state index contributed by atoms with van der Waals surface area (Å²) < 4.78 is 1.53. The van der Waals surface area contributed by atoms with E-state index in [0.29, 0.717) is 21.3 Å². The number of hydrogen-bond acceptors (Lipinski definition) is 5. The van der Waals surface area contributed by atoms with Gasteiger partial charge in [0, 0.05) is 5.56 Å². The smallest absolute Gasteiger partial charge is 0.267 e. The van der Waals surface area contributed by atoms with Gasteiger partial charge in [-0.05, 0) is 53.2 Å². The van der Waals surface area contributed by atoms with Crippen molar-refractivity contribution in [3.63, 3.8) is 0 Å². The quantitative estimate of drug-likeness (QED) is 0.561. The summed E-state index contributed by atoms with van der Waals surface area (Å²) in [6, 6.07) is 12.1. The van der Waals surface area contributed by atoms with Crippen LogP contribution in [0.4, 0.5) is 0 Å². The Morgan fingerprint density at radius 3 is 2.68 bits per heavy atom. The molecule has 3 rings (SSSR count). The van der Waals surface area contributed by atoms with Crippen LogP contribution in [0.2, 0.25) is 10.0 Å². The Bertz CT molecular complexity index is 940. The molecule has 3 aromatic rings. The highest BCUT2D eigenvalue weighted by Crippen LogP contribution is 2.22. The number of hydrogen-bond donors (Lipinski definition) is 1. The van der Waals surface area contributed by atoms with Crippen molar-refractivity contribution in [2.45, 2.75) is 6.92 Å². The van der Waals surface area contributed by atoms with E-state index in [0.717, 1.165) is 11.3 Å². The van der Waals surface area contributed by atoms with E-state index in [9.17, 15) is 4.79 Å². The highest BCUT2D eigenvalue weighted by molar-refractivity contribution is 6.42. The molecule has 1 N–H and O–H groups in total. The third-order valence-corrected chi connectivity index (χ3v) is 4.12. The minimum absolute atomic E-state index is 0.309. The molecule has 0 saturated carbocycles. The monoisotopic (exact) mass is 374 g/mol. The molecule has 0 radical (unpaired) electrons. The van der Waals surface area contributed by atoms with E-state index in [1.807, 2.05) is 24.3 Å². The van der Waals surface area contributed by atoms with Crippen LogP contribution in [0.3, 0.4) is 0 Å². The second kappa shape index (κ2) is 7.42. The van der Waals surface area contributed by atoms with Crippen LogP contribution in [-0.2, 0) is 0 Å². The molecule has 0 bridgehead atoms. The van der Waals surface area contributed by atoms with Crippen LogP contribution >= 0.6 is 23.2 Å².